The zero-order chi connectivity index (χ0) is 17.3. The minimum atomic E-state index is -1.75. The predicted molar refractivity (Wildman–Crippen MR) is 78.9 cm³/mol. The molecule has 12 heteroatoms. The van der Waals surface area contributed by atoms with E-state index in [-0.39, 0.29) is 17.0 Å². The van der Waals surface area contributed by atoms with Crippen molar-refractivity contribution >= 4 is 17.0 Å². The van der Waals surface area contributed by atoms with Crippen LogP contribution < -0.4 is 0 Å². The molecule has 2 aliphatic rings. The molecule has 2 heterocycles. The highest BCUT2D eigenvalue weighted by molar-refractivity contribution is 8.93. The Hall–Kier alpha value is 0.0400. The Bertz CT molecular complexity index is 386. The fraction of sp³-hybridized carbons (Fsp3) is 1.00. The number of aliphatic hydroxyl groups is 8. The average molecular weight is 423 g/mol. The number of aliphatic hydroxyl groups excluding tert-OH is 8. The van der Waals surface area contributed by atoms with Crippen molar-refractivity contribution in [1.29, 1.82) is 0 Å². The third kappa shape index (κ3) is 4.23. The Labute approximate surface area is 147 Å². The largest absolute Gasteiger partial charge is 0.394 e. The second-order valence-corrected chi connectivity index (χ2v) is 5.53. The molecule has 144 valence electrons. The van der Waals surface area contributed by atoms with Crippen LogP contribution in [0.25, 0.3) is 0 Å². The highest BCUT2D eigenvalue weighted by Gasteiger charge is 2.50. The van der Waals surface area contributed by atoms with Gasteiger partial charge in [-0.3, -0.25) is 0 Å². The Morgan fingerprint density at radius 1 is 0.667 bits per heavy atom. The number of hydrogen-bond acceptors (Lipinski definition) is 11. The van der Waals surface area contributed by atoms with Crippen molar-refractivity contribution in [1.82, 2.24) is 0 Å². The van der Waals surface area contributed by atoms with Crippen LogP contribution in [0.15, 0.2) is 0 Å². The molecule has 11 nitrogen and oxygen atoms in total. The molecule has 2 aliphatic heterocycles. The van der Waals surface area contributed by atoms with Crippen LogP contribution in [-0.4, -0.2) is 115 Å². The first-order valence-electron chi connectivity index (χ1n) is 7.08. The Morgan fingerprint density at radius 3 is 1.71 bits per heavy atom. The molecule has 0 saturated carbocycles. The summed E-state index contributed by atoms with van der Waals surface area (Å²) < 4.78 is 15.1. The van der Waals surface area contributed by atoms with E-state index < -0.39 is 74.6 Å². The highest BCUT2D eigenvalue weighted by Crippen LogP contribution is 2.28. The summed E-state index contributed by atoms with van der Waals surface area (Å²) in [6, 6.07) is 0. The summed E-state index contributed by atoms with van der Waals surface area (Å²) in [5, 5.41) is 76.7. The van der Waals surface area contributed by atoms with Gasteiger partial charge in [-0.1, -0.05) is 0 Å². The summed E-state index contributed by atoms with van der Waals surface area (Å²) in [7, 11) is 0. The summed E-state index contributed by atoms with van der Waals surface area (Å²) in [5.74, 6) is 0. The van der Waals surface area contributed by atoms with Gasteiger partial charge in [0.1, 0.15) is 48.8 Å². The van der Waals surface area contributed by atoms with Gasteiger partial charge in [0.25, 0.3) is 0 Å². The predicted octanol–water partition coefficient (Wildman–Crippen LogP) is -4.82. The number of ether oxygens (including phenoxy) is 3. The first-order valence-corrected chi connectivity index (χ1v) is 7.08. The molecule has 0 amide bonds. The van der Waals surface area contributed by atoms with E-state index in [1.54, 1.807) is 0 Å². The highest BCUT2D eigenvalue weighted by atomic mass is 79.9. The van der Waals surface area contributed by atoms with Crippen LogP contribution in [0.3, 0.4) is 0 Å². The first-order chi connectivity index (χ1) is 10.8. The number of rotatable bonds is 4. The van der Waals surface area contributed by atoms with Gasteiger partial charge in [0.15, 0.2) is 12.6 Å². The van der Waals surface area contributed by atoms with Crippen LogP contribution >= 0.6 is 17.0 Å². The smallest absolute Gasteiger partial charge is 0.187 e. The lowest BCUT2D eigenvalue weighted by Crippen LogP contribution is -2.64. The van der Waals surface area contributed by atoms with Gasteiger partial charge in [0.05, 0.1) is 13.2 Å². The summed E-state index contributed by atoms with van der Waals surface area (Å²) in [6.07, 6.45) is -15.6. The molecule has 2 rings (SSSR count). The topological polar surface area (TPSA) is 190 Å². The lowest BCUT2D eigenvalue weighted by Gasteiger charge is -2.44. The van der Waals surface area contributed by atoms with Crippen molar-refractivity contribution in [3.8, 4) is 0 Å². The van der Waals surface area contributed by atoms with E-state index in [0.717, 1.165) is 0 Å². The maximum absolute atomic E-state index is 9.94. The normalized spacial score (nSPS) is 49.5. The molecule has 0 aromatic carbocycles. The molecule has 10 atom stereocenters. The molecular weight excluding hydrogens is 400 g/mol. The third-order valence-corrected chi connectivity index (χ3v) is 3.98. The first kappa shape index (κ1) is 22.1. The third-order valence-electron chi connectivity index (χ3n) is 3.98. The fourth-order valence-corrected chi connectivity index (χ4v) is 2.55. The van der Waals surface area contributed by atoms with Crippen molar-refractivity contribution in [3.05, 3.63) is 0 Å². The van der Waals surface area contributed by atoms with Gasteiger partial charge in [-0.2, -0.15) is 0 Å². The van der Waals surface area contributed by atoms with E-state index in [1.165, 1.54) is 0 Å². The second kappa shape index (κ2) is 9.12. The van der Waals surface area contributed by atoms with Gasteiger partial charge in [0, 0.05) is 0 Å². The Morgan fingerprint density at radius 2 is 1.17 bits per heavy atom. The summed E-state index contributed by atoms with van der Waals surface area (Å²) in [6.45, 7) is -1.33. The van der Waals surface area contributed by atoms with Gasteiger partial charge in [0.2, 0.25) is 0 Å². The molecule has 24 heavy (non-hydrogen) atoms. The van der Waals surface area contributed by atoms with Crippen LogP contribution in [0, 0.1) is 0 Å². The molecular formula is C12H23BrO11. The number of halogens is 1. The average Bonchev–Trinajstić information content (AvgIpc) is 2.54. The van der Waals surface area contributed by atoms with Crippen LogP contribution in [0.4, 0.5) is 0 Å². The van der Waals surface area contributed by atoms with Crippen LogP contribution in [0.5, 0.6) is 0 Å². The van der Waals surface area contributed by atoms with Gasteiger partial charge < -0.3 is 55.1 Å². The van der Waals surface area contributed by atoms with E-state index in [0.29, 0.717) is 0 Å². The summed E-state index contributed by atoms with van der Waals surface area (Å²) in [4.78, 5) is 0. The SMILES string of the molecule is Br.OC[C@H]1O[C@@H](O[C@@H]2[C@@H](O)[C@H](O)[C@@H](CO)O[C@@H]2O)[C@H](O)[C@@H](O)[C@@H]1O. The Balaban J connectivity index is 0.00000288. The second-order valence-electron chi connectivity index (χ2n) is 5.53. The lowest BCUT2D eigenvalue weighted by atomic mass is 9.97. The molecule has 0 spiro atoms. The van der Waals surface area contributed by atoms with E-state index >= 15 is 0 Å². The monoisotopic (exact) mass is 422 g/mol. The van der Waals surface area contributed by atoms with Crippen LogP contribution in [-0.2, 0) is 14.2 Å². The van der Waals surface area contributed by atoms with Gasteiger partial charge >= 0.3 is 0 Å². The molecule has 2 saturated heterocycles. The quantitative estimate of drug-likeness (QED) is 0.217. The van der Waals surface area contributed by atoms with E-state index in [2.05, 4.69) is 0 Å². The van der Waals surface area contributed by atoms with Crippen molar-refractivity contribution in [3.63, 3.8) is 0 Å². The molecule has 0 aromatic rings. The minimum absolute atomic E-state index is 0. The molecule has 0 aliphatic carbocycles. The van der Waals surface area contributed by atoms with Crippen molar-refractivity contribution in [2.75, 3.05) is 13.2 Å². The lowest BCUT2D eigenvalue weighted by molar-refractivity contribution is -0.361. The number of hydrogen-bond donors (Lipinski definition) is 8. The maximum Gasteiger partial charge on any atom is 0.187 e. The van der Waals surface area contributed by atoms with E-state index in [9.17, 15) is 30.6 Å². The van der Waals surface area contributed by atoms with Gasteiger partial charge in [-0.05, 0) is 0 Å². The zero-order valence-corrected chi connectivity index (χ0v) is 14.1. The molecule has 0 bridgehead atoms. The molecule has 0 unspecified atom stereocenters. The minimum Gasteiger partial charge on any atom is -0.394 e. The van der Waals surface area contributed by atoms with E-state index in [4.69, 9.17) is 24.4 Å². The van der Waals surface area contributed by atoms with E-state index in [1.807, 2.05) is 0 Å². The standard InChI is InChI=1S/C12H22O11.BrH/c13-1-3-6(16)8(18)10(11(20)21-3)23-12-9(19)7(17)5(15)4(2-14)22-12;/h3-20H,1-2H2;1H/t3-,4-,5-,6-,7+,8+,9-,10-,11+,12+;/m1./s1. The maximum atomic E-state index is 9.94. The summed E-state index contributed by atoms with van der Waals surface area (Å²) in [5.41, 5.74) is 0. The van der Waals surface area contributed by atoms with Gasteiger partial charge in [-0.25, -0.2) is 0 Å². The van der Waals surface area contributed by atoms with Crippen molar-refractivity contribution in [2.24, 2.45) is 0 Å². The van der Waals surface area contributed by atoms with Crippen molar-refractivity contribution < 1.29 is 55.1 Å². The zero-order valence-electron chi connectivity index (χ0n) is 12.4. The molecule has 0 aromatic heterocycles. The van der Waals surface area contributed by atoms with Crippen LogP contribution in [0.1, 0.15) is 0 Å². The molecule has 8 N–H and O–H groups in total. The summed E-state index contributed by atoms with van der Waals surface area (Å²) >= 11 is 0. The van der Waals surface area contributed by atoms with Crippen LogP contribution in [0.2, 0.25) is 0 Å². The fourth-order valence-electron chi connectivity index (χ4n) is 2.55. The van der Waals surface area contributed by atoms with Gasteiger partial charge in [-0.15, -0.1) is 17.0 Å². The Kier molecular flexibility index (Phi) is 8.39. The van der Waals surface area contributed by atoms with Crippen molar-refractivity contribution in [2.45, 2.75) is 61.4 Å². The molecule has 0 radical (unpaired) electrons. The molecule has 2 fully saturated rings.